The Morgan fingerprint density at radius 1 is 1.16 bits per heavy atom. The molecule has 2 rings (SSSR count). The topological polar surface area (TPSA) is 64.7 Å². The van der Waals surface area contributed by atoms with Crippen LogP contribution in [0.2, 0.25) is 0 Å². The SMILES string of the molecule is Cc1cnc(C(N)c2cnccc2C(F)(F)F)cn1. The normalized spacial score (nSPS) is 13.3. The molecule has 0 radical (unpaired) electrons. The maximum absolute atomic E-state index is 12.9. The number of aryl methyl sites for hydroxylation is 1. The van der Waals surface area contributed by atoms with Crippen LogP contribution in [0.3, 0.4) is 0 Å². The maximum atomic E-state index is 12.9. The van der Waals surface area contributed by atoms with Crippen molar-refractivity contribution in [3.05, 3.63) is 53.4 Å². The number of nitrogens with two attached hydrogens (primary N) is 1. The molecule has 0 aromatic carbocycles. The minimum atomic E-state index is -4.48. The van der Waals surface area contributed by atoms with Crippen molar-refractivity contribution in [3.8, 4) is 0 Å². The van der Waals surface area contributed by atoms with E-state index in [2.05, 4.69) is 15.0 Å². The van der Waals surface area contributed by atoms with E-state index in [1.54, 1.807) is 6.92 Å². The first-order valence-electron chi connectivity index (χ1n) is 5.45. The van der Waals surface area contributed by atoms with Crippen molar-refractivity contribution in [3.63, 3.8) is 0 Å². The Bertz CT molecular complexity index is 566. The molecule has 19 heavy (non-hydrogen) atoms. The predicted molar refractivity (Wildman–Crippen MR) is 62.0 cm³/mol. The Labute approximate surface area is 107 Å². The van der Waals surface area contributed by atoms with Crippen LogP contribution in [0.5, 0.6) is 0 Å². The van der Waals surface area contributed by atoms with Crippen LogP contribution in [-0.4, -0.2) is 15.0 Å². The molecular weight excluding hydrogens is 257 g/mol. The fourth-order valence-corrected chi connectivity index (χ4v) is 1.64. The second kappa shape index (κ2) is 4.93. The number of alkyl halides is 3. The van der Waals surface area contributed by atoms with Crippen molar-refractivity contribution in [2.24, 2.45) is 5.73 Å². The lowest BCUT2D eigenvalue weighted by molar-refractivity contribution is -0.138. The van der Waals surface area contributed by atoms with Gasteiger partial charge in [-0.05, 0) is 13.0 Å². The Hall–Kier alpha value is -2.02. The van der Waals surface area contributed by atoms with Crippen LogP contribution in [-0.2, 0) is 6.18 Å². The molecule has 1 unspecified atom stereocenters. The second-order valence-electron chi connectivity index (χ2n) is 4.02. The molecule has 0 spiro atoms. The summed E-state index contributed by atoms with van der Waals surface area (Å²) in [4.78, 5) is 11.7. The summed E-state index contributed by atoms with van der Waals surface area (Å²) in [5, 5.41) is 0. The van der Waals surface area contributed by atoms with Gasteiger partial charge in [0.15, 0.2) is 0 Å². The molecule has 4 nitrogen and oxygen atoms in total. The summed E-state index contributed by atoms with van der Waals surface area (Å²) in [5.41, 5.74) is 5.83. The molecule has 2 heterocycles. The first-order valence-corrected chi connectivity index (χ1v) is 5.45. The standard InChI is InChI=1S/C12H11F3N4/c1-7-4-19-10(6-18-7)11(16)8-5-17-3-2-9(8)12(13,14)15/h2-6,11H,16H2,1H3. The van der Waals surface area contributed by atoms with Gasteiger partial charge in [-0.25, -0.2) is 0 Å². The van der Waals surface area contributed by atoms with Gasteiger partial charge in [0.05, 0.1) is 29.2 Å². The summed E-state index contributed by atoms with van der Waals surface area (Å²) in [5.74, 6) is 0. The molecule has 1 atom stereocenters. The summed E-state index contributed by atoms with van der Waals surface area (Å²) in [7, 11) is 0. The van der Waals surface area contributed by atoms with E-state index in [1.807, 2.05) is 0 Å². The van der Waals surface area contributed by atoms with E-state index < -0.39 is 17.8 Å². The van der Waals surface area contributed by atoms with Gasteiger partial charge in [-0.1, -0.05) is 0 Å². The van der Waals surface area contributed by atoms with E-state index in [4.69, 9.17) is 5.73 Å². The van der Waals surface area contributed by atoms with Crippen LogP contribution < -0.4 is 5.73 Å². The molecule has 2 N–H and O–H groups in total. The van der Waals surface area contributed by atoms with Gasteiger partial charge in [0.2, 0.25) is 0 Å². The highest BCUT2D eigenvalue weighted by Crippen LogP contribution is 2.34. The smallest absolute Gasteiger partial charge is 0.319 e. The zero-order valence-corrected chi connectivity index (χ0v) is 10.0. The average Bonchev–Trinajstić information content (AvgIpc) is 2.38. The number of pyridine rings is 1. The third-order valence-corrected chi connectivity index (χ3v) is 2.61. The molecule has 100 valence electrons. The Kier molecular flexibility index (Phi) is 3.48. The van der Waals surface area contributed by atoms with Crippen LogP contribution in [0.1, 0.15) is 28.6 Å². The lowest BCUT2D eigenvalue weighted by Crippen LogP contribution is -2.20. The molecule has 0 aliphatic rings. The summed E-state index contributed by atoms with van der Waals surface area (Å²) >= 11 is 0. The molecule has 0 saturated heterocycles. The number of nitrogens with zero attached hydrogens (tertiary/aromatic N) is 3. The third kappa shape index (κ3) is 2.87. The molecule has 2 aromatic rings. The van der Waals surface area contributed by atoms with Gasteiger partial charge in [-0.2, -0.15) is 13.2 Å². The van der Waals surface area contributed by atoms with Gasteiger partial charge < -0.3 is 5.73 Å². The highest BCUT2D eigenvalue weighted by molar-refractivity contribution is 5.33. The van der Waals surface area contributed by atoms with Crippen molar-refractivity contribution in [2.75, 3.05) is 0 Å². The van der Waals surface area contributed by atoms with Crippen LogP contribution in [0.4, 0.5) is 13.2 Å². The van der Waals surface area contributed by atoms with Crippen molar-refractivity contribution in [1.29, 1.82) is 0 Å². The molecule has 0 amide bonds. The van der Waals surface area contributed by atoms with Crippen molar-refractivity contribution < 1.29 is 13.2 Å². The van der Waals surface area contributed by atoms with Gasteiger partial charge in [0.1, 0.15) is 0 Å². The monoisotopic (exact) mass is 268 g/mol. The second-order valence-corrected chi connectivity index (χ2v) is 4.02. The van der Waals surface area contributed by atoms with E-state index in [9.17, 15) is 13.2 Å². The summed E-state index contributed by atoms with van der Waals surface area (Å²) in [6, 6.07) is -0.116. The highest BCUT2D eigenvalue weighted by atomic mass is 19.4. The zero-order valence-electron chi connectivity index (χ0n) is 10.0. The van der Waals surface area contributed by atoms with Crippen LogP contribution >= 0.6 is 0 Å². The Morgan fingerprint density at radius 3 is 2.47 bits per heavy atom. The van der Waals surface area contributed by atoms with Gasteiger partial charge in [-0.3, -0.25) is 15.0 Å². The molecule has 0 fully saturated rings. The van der Waals surface area contributed by atoms with Crippen LogP contribution in [0.15, 0.2) is 30.9 Å². The van der Waals surface area contributed by atoms with E-state index in [1.165, 1.54) is 12.4 Å². The average molecular weight is 268 g/mol. The number of hydrogen-bond acceptors (Lipinski definition) is 4. The van der Waals surface area contributed by atoms with Gasteiger partial charge in [0, 0.05) is 24.2 Å². The van der Waals surface area contributed by atoms with Crippen LogP contribution in [0, 0.1) is 6.92 Å². The van der Waals surface area contributed by atoms with E-state index in [0.717, 1.165) is 18.5 Å². The van der Waals surface area contributed by atoms with Gasteiger partial charge in [-0.15, -0.1) is 0 Å². The predicted octanol–water partition coefficient (Wildman–Crippen LogP) is 2.25. The number of rotatable bonds is 2. The fourth-order valence-electron chi connectivity index (χ4n) is 1.64. The van der Waals surface area contributed by atoms with Crippen molar-refractivity contribution in [2.45, 2.75) is 19.1 Å². The number of halogens is 3. The number of aromatic nitrogens is 3. The van der Waals surface area contributed by atoms with Gasteiger partial charge in [0.25, 0.3) is 0 Å². The van der Waals surface area contributed by atoms with Gasteiger partial charge >= 0.3 is 6.18 Å². The zero-order chi connectivity index (χ0) is 14.0. The summed E-state index contributed by atoms with van der Waals surface area (Å²) in [6.45, 7) is 1.73. The Morgan fingerprint density at radius 2 is 1.89 bits per heavy atom. The maximum Gasteiger partial charge on any atom is 0.416 e. The summed E-state index contributed by atoms with van der Waals surface area (Å²) < 4.78 is 38.6. The summed E-state index contributed by atoms with van der Waals surface area (Å²) in [6.07, 6.45) is 0.537. The van der Waals surface area contributed by atoms with E-state index >= 15 is 0 Å². The van der Waals surface area contributed by atoms with Crippen molar-refractivity contribution in [1.82, 2.24) is 15.0 Å². The minimum Gasteiger partial charge on any atom is -0.319 e. The molecule has 7 heteroatoms. The minimum absolute atomic E-state index is 0.117. The molecule has 0 aliphatic heterocycles. The first kappa shape index (κ1) is 13.4. The molecule has 0 saturated carbocycles. The highest BCUT2D eigenvalue weighted by Gasteiger charge is 2.35. The molecule has 2 aromatic heterocycles. The molecule has 0 aliphatic carbocycles. The van der Waals surface area contributed by atoms with Crippen LogP contribution in [0.25, 0.3) is 0 Å². The lowest BCUT2D eigenvalue weighted by Gasteiger charge is -2.17. The first-order chi connectivity index (χ1) is 8.89. The van der Waals surface area contributed by atoms with E-state index in [-0.39, 0.29) is 11.3 Å². The Balaban J connectivity index is 2.44. The molecule has 0 bridgehead atoms. The quantitative estimate of drug-likeness (QED) is 0.907. The molecular formula is C12H11F3N4. The number of hydrogen-bond donors (Lipinski definition) is 1. The largest absolute Gasteiger partial charge is 0.416 e. The third-order valence-electron chi connectivity index (χ3n) is 2.61. The van der Waals surface area contributed by atoms with E-state index in [0.29, 0.717) is 5.69 Å². The van der Waals surface area contributed by atoms with Crippen molar-refractivity contribution >= 4 is 0 Å². The fraction of sp³-hybridized carbons (Fsp3) is 0.250. The lowest BCUT2D eigenvalue weighted by atomic mass is 10.0.